The number of carbonyl (C=O) groups excluding carboxylic acids is 1. The van der Waals surface area contributed by atoms with Crippen LogP contribution in [-0.4, -0.2) is 56.2 Å². The molecule has 0 aliphatic carbocycles. The number of halogens is 3. The molecule has 0 radical (unpaired) electrons. The second-order valence-electron chi connectivity index (χ2n) is 5.19. The van der Waals surface area contributed by atoms with Crippen molar-refractivity contribution in [3.05, 3.63) is 28.2 Å². The minimum absolute atomic E-state index is 0. The van der Waals surface area contributed by atoms with Crippen LogP contribution >= 0.6 is 35.6 Å². The maximum atomic E-state index is 12.0. The first-order valence-electron chi connectivity index (χ1n) is 7.39. The zero-order valence-corrected chi connectivity index (χ0v) is 15.3. The highest BCUT2D eigenvalue weighted by molar-refractivity contribution is 6.42. The Morgan fingerprint density at radius 2 is 2.09 bits per heavy atom. The third-order valence-electron chi connectivity index (χ3n) is 3.53. The van der Waals surface area contributed by atoms with Gasteiger partial charge in [0, 0.05) is 39.3 Å². The summed E-state index contributed by atoms with van der Waals surface area (Å²) in [7, 11) is 0. The molecule has 5 nitrogen and oxygen atoms in total. The maximum absolute atomic E-state index is 12.0. The number of carbonyl (C=O) groups is 1. The molecule has 1 aromatic rings. The van der Waals surface area contributed by atoms with E-state index in [1.165, 1.54) is 0 Å². The predicted octanol–water partition coefficient (Wildman–Crippen LogP) is 2.20. The van der Waals surface area contributed by atoms with Crippen molar-refractivity contribution in [2.75, 3.05) is 39.3 Å². The normalized spacial score (nSPS) is 16.3. The molecule has 0 aromatic heterocycles. The Kier molecular flexibility index (Phi) is 9.02. The average Bonchev–Trinajstić information content (AvgIpc) is 2.52. The van der Waals surface area contributed by atoms with Gasteiger partial charge >= 0.3 is 0 Å². The molecule has 1 atom stereocenters. The minimum Gasteiger partial charge on any atom is -0.479 e. The molecule has 8 heteroatoms. The summed E-state index contributed by atoms with van der Waals surface area (Å²) in [5, 5.41) is 6.91. The van der Waals surface area contributed by atoms with Crippen molar-refractivity contribution >= 4 is 41.5 Å². The highest BCUT2D eigenvalue weighted by atomic mass is 35.5. The van der Waals surface area contributed by atoms with Gasteiger partial charge in [-0.05, 0) is 19.1 Å². The fraction of sp³-hybridized carbons (Fsp3) is 0.533. The van der Waals surface area contributed by atoms with Gasteiger partial charge in [-0.25, -0.2) is 0 Å². The van der Waals surface area contributed by atoms with Gasteiger partial charge in [0.25, 0.3) is 5.91 Å². The largest absolute Gasteiger partial charge is 0.479 e. The molecule has 1 aromatic carbocycles. The van der Waals surface area contributed by atoms with Gasteiger partial charge in [0.2, 0.25) is 0 Å². The topological polar surface area (TPSA) is 53.6 Å². The van der Waals surface area contributed by atoms with E-state index >= 15 is 0 Å². The van der Waals surface area contributed by atoms with E-state index in [-0.39, 0.29) is 18.3 Å². The highest BCUT2D eigenvalue weighted by Gasteiger charge is 2.17. The number of amides is 1. The smallest absolute Gasteiger partial charge is 0.260 e. The van der Waals surface area contributed by atoms with Gasteiger partial charge in [0.15, 0.2) is 6.10 Å². The minimum atomic E-state index is -0.626. The van der Waals surface area contributed by atoms with Gasteiger partial charge < -0.3 is 15.4 Å². The lowest BCUT2D eigenvalue weighted by Gasteiger charge is -2.27. The molecule has 0 saturated carbocycles. The first kappa shape index (κ1) is 20.3. The third kappa shape index (κ3) is 6.36. The molecule has 130 valence electrons. The Labute approximate surface area is 153 Å². The number of nitrogens with zero attached hydrogens (tertiary/aromatic N) is 1. The maximum Gasteiger partial charge on any atom is 0.260 e. The number of rotatable bonds is 6. The molecule has 2 N–H and O–H groups in total. The van der Waals surface area contributed by atoms with E-state index in [0.29, 0.717) is 22.3 Å². The lowest BCUT2D eigenvalue weighted by molar-refractivity contribution is -0.127. The van der Waals surface area contributed by atoms with Gasteiger partial charge in [-0.15, -0.1) is 12.4 Å². The summed E-state index contributed by atoms with van der Waals surface area (Å²) >= 11 is 12.0. The van der Waals surface area contributed by atoms with E-state index in [2.05, 4.69) is 15.5 Å². The fourth-order valence-corrected chi connectivity index (χ4v) is 2.57. The molecule has 1 unspecified atom stereocenters. The van der Waals surface area contributed by atoms with E-state index < -0.39 is 6.10 Å². The van der Waals surface area contributed by atoms with Gasteiger partial charge in [0.1, 0.15) is 10.8 Å². The van der Waals surface area contributed by atoms with Crippen molar-refractivity contribution in [3.63, 3.8) is 0 Å². The van der Waals surface area contributed by atoms with Crippen LogP contribution in [0.15, 0.2) is 18.2 Å². The third-order valence-corrected chi connectivity index (χ3v) is 4.33. The molecule has 1 fully saturated rings. The number of hydrogen-bond acceptors (Lipinski definition) is 4. The van der Waals surface area contributed by atoms with Crippen LogP contribution in [-0.2, 0) is 4.79 Å². The van der Waals surface area contributed by atoms with E-state index in [1.54, 1.807) is 25.1 Å². The SMILES string of the molecule is CC(Oc1cccc(Cl)c1Cl)C(=O)NCCN1CCNCC1.Cl. The van der Waals surface area contributed by atoms with Crippen LogP contribution in [0.1, 0.15) is 6.92 Å². The van der Waals surface area contributed by atoms with E-state index in [1.807, 2.05) is 0 Å². The quantitative estimate of drug-likeness (QED) is 0.792. The molecule has 0 bridgehead atoms. The summed E-state index contributed by atoms with van der Waals surface area (Å²) in [5.41, 5.74) is 0. The molecule has 1 amide bonds. The molecule has 1 saturated heterocycles. The lowest BCUT2D eigenvalue weighted by Crippen LogP contribution is -2.47. The van der Waals surface area contributed by atoms with Crippen molar-refractivity contribution < 1.29 is 9.53 Å². The molecular weight excluding hydrogens is 361 g/mol. The second kappa shape index (κ2) is 10.2. The van der Waals surface area contributed by atoms with E-state index in [9.17, 15) is 4.79 Å². The molecule has 1 aliphatic rings. The number of ether oxygens (including phenoxy) is 1. The Morgan fingerprint density at radius 3 is 2.78 bits per heavy atom. The Balaban J connectivity index is 0.00000264. The molecule has 2 rings (SSSR count). The number of piperazine rings is 1. The lowest BCUT2D eigenvalue weighted by atomic mass is 10.3. The van der Waals surface area contributed by atoms with Crippen molar-refractivity contribution in [2.45, 2.75) is 13.0 Å². The zero-order chi connectivity index (χ0) is 15.9. The van der Waals surface area contributed by atoms with Gasteiger partial charge in [0.05, 0.1) is 5.02 Å². The van der Waals surface area contributed by atoms with Crippen LogP contribution in [0.3, 0.4) is 0 Å². The monoisotopic (exact) mass is 381 g/mol. The summed E-state index contributed by atoms with van der Waals surface area (Å²) in [6.45, 7) is 7.17. The summed E-state index contributed by atoms with van der Waals surface area (Å²) in [4.78, 5) is 14.4. The van der Waals surface area contributed by atoms with E-state index in [0.717, 1.165) is 32.7 Å². The summed E-state index contributed by atoms with van der Waals surface area (Å²) in [5.74, 6) is 0.255. The number of nitrogens with one attached hydrogen (secondary N) is 2. The number of benzene rings is 1. The summed E-state index contributed by atoms with van der Waals surface area (Å²) in [6, 6.07) is 5.10. The number of hydrogen-bond donors (Lipinski definition) is 2. The second-order valence-corrected chi connectivity index (χ2v) is 5.98. The molecular formula is C15H22Cl3N3O2. The zero-order valence-electron chi connectivity index (χ0n) is 13.0. The Morgan fingerprint density at radius 1 is 1.39 bits per heavy atom. The van der Waals surface area contributed by atoms with E-state index in [4.69, 9.17) is 27.9 Å². The molecule has 0 spiro atoms. The Hall–Kier alpha value is -0.720. The summed E-state index contributed by atoms with van der Waals surface area (Å²) < 4.78 is 5.58. The molecule has 1 heterocycles. The van der Waals surface area contributed by atoms with Crippen LogP contribution in [0.2, 0.25) is 10.0 Å². The van der Waals surface area contributed by atoms with Crippen LogP contribution in [0.4, 0.5) is 0 Å². The first-order valence-corrected chi connectivity index (χ1v) is 8.15. The summed E-state index contributed by atoms with van der Waals surface area (Å²) in [6.07, 6.45) is -0.626. The van der Waals surface area contributed by atoms with Crippen molar-refractivity contribution in [1.82, 2.24) is 15.5 Å². The first-order chi connectivity index (χ1) is 10.6. The van der Waals surface area contributed by atoms with Crippen LogP contribution in [0, 0.1) is 0 Å². The van der Waals surface area contributed by atoms with Crippen LogP contribution in [0.5, 0.6) is 5.75 Å². The highest BCUT2D eigenvalue weighted by Crippen LogP contribution is 2.31. The Bertz CT molecular complexity index is 511. The predicted molar refractivity (Wildman–Crippen MR) is 96.1 cm³/mol. The van der Waals surface area contributed by atoms with Crippen molar-refractivity contribution in [1.29, 1.82) is 0 Å². The van der Waals surface area contributed by atoms with Gasteiger partial charge in [-0.1, -0.05) is 29.3 Å². The van der Waals surface area contributed by atoms with Crippen LogP contribution in [0.25, 0.3) is 0 Å². The fourth-order valence-electron chi connectivity index (χ4n) is 2.23. The average molecular weight is 383 g/mol. The van der Waals surface area contributed by atoms with Crippen molar-refractivity contribution in [2.24, 2.45) is 0 Å². The standard InChI is InChI=1S/C15H21Cl2N3O2.ClH/c1-11(22-13-4-2-3-12(16)14(13)17)15(21)19-7-10-20-8-5-18-6-9-20;/h2-4,11,18H,5-10H2,1H3,(H,19,21);1H. The molecule has 1 aliphatic heterocycles. The van der Waals surface area contributed by atoms with Crippen molar-refractivity contribution in [3.8, 4) is 5.75 Å². The van der Waals surface area contributed by atoms with Gasteiger partial charge in [-0.3, -0.25) is 9.69 Å². The van der Waals surface area contributed by atoms with Gasteiger partial charge in [-0.2, -0.15) is 0 Å². The van der Waals surface area contributed by atoms with Crippen LogP contribution < -0.4 is 15.4 Å². The molecule has 23 heavy (non-hydrogen) atoms.